The Bertz CT molecular complexity index is 779. The van der Waals surface area contributed by atoms with Crippen LogP contribution in [0.4, 0.5) is 4.79 Å². The molecule has 0 saturated heterocycles. The largest absolute Gasteiger partial charge is 0.457 e. The van der Waals surface area contributed by atoms with Crippen LogP contribution in [0, 0.1) is 0 Å². The van der Waals surface area contributed by atoms with Gasteiger partial charge in [-0.25, -0.2) is 9.86 Å². The number of urea groups is 1. The lowest BCUT2D eigenvalue weighted by Gasteiger charge is -2.23. The molecule has 7 nitrogen and oxygen atoms in total. The Labute approximate surface area is 145 Å². The fourth-order valence-electron chi connectivity index (χ4n) is 2.45. The molecule has 4 N–H and O–H groups in total. The van der Waals surface area contributed by atoms with Gasteiger partial charge in [-0.1, -0.05) is 30.3 Å². The van der Waals surface area contributed by atoms with Crippen LogP contribution in [0.15, 0.2) is 60.7 Å². The van der Waals surface area contributed by atoms with Gasteiger partial charge in [0.1, 0.15) is 17.6 Å². The van der Waals surface area contributed by atoms with Crippen molar-refractivity contribution in [2.45, 2.75) is 19.1 Å². The minimum atomic E-state index is -0.934. The van der Waals surface area contributed by atoms with E-state index < -0.39 is 18.2 Å². The number of ether oxygens (including phenoxy) is 1. The van der Waals surface area contributed by atoms with E-state index >= 15 is 0 Å². The summed E-state index contributed by atoms with van der Waals surface area (Å²) >= 11 is 0. The second-order valence-electron chi connectivity index (χ2n) is 5.63. The third kappa shape index (κ3) is 3.90. The molecule has 3 rings (SSSR count). The molecule has 0 spiro atoms. The minimum Gasteiger partial charge on any atom is -0.457 e. The fourth-order valence-corrected chi connectivity index (χ4v) is 2.45. The minimum absolute atomic E-state index is 0.445. The van der Waals surface area contributed by atoms with Crippen molar-refractivity contribution in [3.8, 4) is 11.5 Å². The monoisotopic (exact) mass is 341 g/mol. The molecule has 2 aromatic carbocycles. The highest BCUT2D eigenvalue weighted by atomic mass is 16.7. The highest BCUT2D eigenvalue weighted by molar-refractivity contribution is 5.71. The van der Waals surface area contributed by atoms with E-state index in [9.17, 15) is 10.0 Å². The van der Waals surface area contributed by atoms with Crippen LogP contribution in [0.5, 0.6) is 11.5 Å². The summed E-state index contributed by atoms with van der Waals surface area (Å²) in [5.74, 6) is 1.43. The summed E-state index contributed by atoms with van der Waals surface area (Å²) in [6.45, 7) is 1.63. The zero-order valence-corrected chi connectivity index (χ0v) is 13.6. The van der Waals surface area contributed by atoms with Crippen molar-refractivity contribution in [2.75, 3.05) is 0 Å². The summed E-state index contributed by atoms with van der Waals surface area (Å²) in [6.07, 6.45) is 1.24. The standard InChI is InChI=1S/C18H19N3O4/c1-12(21(23)18(19)22)17-11-16(20-25-17)13-6-5-9-15(10-13)24-14-7-3-2-4-8-14/h2-12,17,20,23H,1H3,(H2,19,22). The normalized spacial score (nSPS) is 17.4. The molecule has 1 aliphatic heterocycles. The van der Waals surface area contributed by atoms with Crippen LogP contribution in [-0.2, 0) is 4.84 Å². The predicted molar refractivity (Wildman–Crippen MR) is 91.6 cm³/mol. The number of nitrogens with one attached hydrogen (secondary N) is 1. The van der Waals surface area contributed by atoms with Gasteiger partial charge in [0, 0.05) is 5.56 Å². The maximum Gasteiger partial charge on any atom is 0.338 e. The third-order valence-corrected chi connectivity index (χ3v) is 3.85. The van der Waals surface area contributed by atoms with Gasteiger partial charge in [-0.15, -0.1) is 0 Å². The van der Waals surface area contributed by atoms with E-state index in [-0.39, 0.29) is 0 Å². The Morgan fingerprint density at radius 3 is 2.68 bits per heavy atom. The maximum atomic E-state index is 11.1. The lowest BCUT2D eigenvalue weighted by Crippen LogP contribution is -2.45. The van der Waals surface area contributed by atoms with E-state index in [1.54, 1.807) is 13.0 Å². The summed E-state index contributed by atoms with van der Waals surface area (Å²) in [6, 6.07) is 15.4. The number of nitrogens with two attached hydrogens (primary N) is 1. The molecule has 0 saturated carbocycles. The molecule has 7 heteroatoms. The molecular weight excluding hydrogens is 322 g/mol. The molecule has 0 radical (unpaired) electrons. The molecular formula is C18H19N3O4. The van der Waals surface area contributed by atoms with Gasteiger partial charge in [-0.05, 0) is 37.3 Å². The number of hydroxylamine groups is 3. The highest BCUT2D eigenvalue weighted by Crippen LogP contribution is 2.27. The van der Waals surface area contributed by atoms with Crippen LogP contribution < -0.4 is 16.0 Å². The first-order valence-corrected chi connectivity index (χ1v) is 7.79. The summed E-state index contributed by atoms with van der Waals surface area (Å²) in [7, 11) is 0. The number of benzene rings is 2. The van der Waals surface area contributed by atoms with E-state index in [4.69, 9.17) is 15.3 Å². The Kier molecular flexibility index (Phi) is 4.87. The van der Waals surface area contributed by atoms with Gasteiger partial charge in [0.05, 0.1) is 11.7 Å². The number of nitrogens with zero attached hydrogens (tertiary/aromatic N) is 1. The van der Waals surface area contributed by atoms with Crippen LogP contribution >= 0.6 is 0 Å². The summed E-state index contributed by atoms with van der Waals surface area (Å²) in [5, 5.41) is 10.1. The number of hydrogen-bond acceptors (Lipinski definition) is 5. The number of para-hydroxylation sites is 1. The second-order valence-corrected chi connectivity index (χ2v) is 5.63. The maximum absolute atomic E-state index is 11.1. The van der Waals surface area contributed by atoms with Gasteiger partial charge in [-0.3, -0.25) is 15.5 Å². The van der Waals surface area contributed by atoms with Gasteiger partial charge < -0.3 is 10.5 Å². The molecule has 1 aliphatic rings. The van der Waals surface area contributed by atoms with Crippen molar-refractivity contribution in [1.29, 1.82) is 0 Å². The second kappa shape index (κ2) is 7.25. The van der Waals surface area contributed by atoms with E-state index in [1.807, 2.05) is 54.6 Å². The fraction of sp³-hybridized carbons (Fsp3) is 0.167. The smallest absolute Gasteiger partial charge is 0.338 e. The zero-order valence-electron chi connectivity index (χ0n) is 13.6. The van der Waals surface area contributed by atoms with Gasteiger partial charge in [0.25, 0.3) is 0 Å². The molecule has 2 amide bonds. The Morgan fingerprint density at radius 2 is 1.96 bits per heavy atom. The molecule has 0 aromatic heterocycles. The van der Waals surface area contributed by atoms with Gasteiger partial charge in [0.15, 0.2) is 0 Å². The van der Waals surface area contributed by atoms with Crippen LogP contribution in [0.25, 0.3) is 5.70 Å². The molecule has 0 fully saturated rings. The first-order chi connectivity index (χ1) is 12.0. The van der Waals surface area contributed by atoms with Gasteiger partial charge in [-0.2, -0.15) is 0 Å². The Balaban J connectivity index is 1.75. The molecule has 2 atom stereocenters. The molecule has 0 aliphatic carbocycles. The number of primary amides is 1. The average Bonchev–Trinajstić information content (AvgIpc) is 3.11. The van der Waals surface area contributed by atoms with Crippen LogP contribution in [0.1, 0.15) is 12.5 Å². The highest BCUT2D eigenvalue weighted by Gasteiger charge is 2.29. The molecule has 25 heavy (non-hydrogen) atoms. The van der Waals surface area contributed by atoms with Crippen molar-refractivity contribution < 1.29 is 19.6 Å². The van der Waals surface area contributed by atoms with Gasteiger partial charge >= 0.3 is 6.03 Å². The number of rotatable bonds is 5. The zero-order chi connectivity index (χ0) is 17.8. The van der Waals surface area contributed by atoms with E-state index in [1.165, 1.54) is 0 Å². The summed E-state index contributed by atoms with van der Waals surface area (Å²) in [4.78, 5) is 16.5. The van der Waals surface area contributed by atoms with E-state index in [0.29, 0.717) is 16.5 Å². The third-order valence-electron chi connectivity index (χ3n) is 3.85. The van der Waals surface area contributed by atoms with Crippen molar-refractivity contribution in [2.24, 2.45) is 5.73 Å². The first-order valence-electron chi connectivity index (χ1n) is 7.79. The molecule has 2 unspecified atom stereocenters. The molecule has 0 bridgehead atoms. The van der Waals surface area contributed by atoms with Gasteiger partial charge in [0.2, 0.25) is 0 Å². The van der Waals surface area contributed by atoms with Crippen molar-refractivity contribution in [1.82, 2.24) is 10.5 Å². The SMILES string of the molecule is CC(C1C=C(c2cccc(Oc3ccccc3)c2)NO1)N(O)C(N)=O. The number of amides is 2. The molecule has 130 valence electrons. The number of hydrogen-bond donors (Lipinski definition) is 3. The Morgan fingerprint density at radius 1 is 1.24 bits per heavy atom. The van der Waals surface area contributed by atoms with E-state index in [0.717, 1.165) is 11.3 Å². The quantitative estimate of drug-likeness (QED) is 0.574. The van der Waals surface area contributed by atoms with Crippen molar-refractivity contribution in [3.05, 3.63) is 66.2 Å². The average molecular weight is 341 g/mol. The lowest BCUT2D eigenvalue weighted by molar-refractivity contribution is -0.111. The molecule has 1 heterocycles. The molecule has 2 aromatic rings. The predicted octanol–water partition coefficient (Wildman–Crippen LogP) is 2.88. The van der Waals surface area contributed by atoms with Crippen LogP contribution in [0.3, 0.4) is 0 Å². The lowest BCUT2D eigenvalue weighted by atomic mass is 10.1. The summed E-state index contributed by atoms with van der Waals surface area (Å²) in [5.41, 5.74) is 9.44. The van der Waals surface area contributed by atoms with Crippen molar-refractivity contribution in [3.63, 3.8) is 0 Å². The topological polar surface area (TPSA) is 97.0 Å². The summed E-state index contributed by atoms with van der Waals surface area (Å²) < 4.78 is 5.82. The van der Waals surface area contributed by atoms with Crippen LogP contribution in [0.2, 0.25) is 0 Å². The van der Waals surface area contributed by atoms with Crippen molar-refractivity contribution >= 4 is 11.7 Å². The first kappa shape index (κ1) is 16.8. The number of carbonyl (C=O) groups excluding carboxylic acids is 1. The number of carbonyl (C=O) groups is 1. The van der Waals surface area contributed by atoms with E-state index in [2.05, 4.69) is 5.48 Å². The van der Waals surface area contributed by atoms with Crippen LogP contribution in [-0.4, -0.2) is 28.4 Å². The Hall–Kier alpha value is -3.03.